The minimum atomic E-state index is -0.322. The summed E-state index contributed by atoms with van der Waals surface area (Å²) < 4.78 is 4.97. The van der Waals surface area contributed by atoms with Crippen molar-refractivity contribution in [1.82, 2.24) is 15.0 Å². The molecule has 2 aromatic heterocycles. The van der Waals surface area contributed by atoms with Gasteiger partial charge in [-0.15, -0.1) is 0 Å². The molecule has 0 saturated heterocycles. The number of hydrogen-bond donors (Lipinski definition) is 1. The van der Waals surface area contributed by atoms with Gasteiger partial charge in [-0.1, -0.05) is 11.6 Å². The Kier molecular flexibility index (Phi) is 3.94. The number of methoxy groups -OCH3 is 1. The lowest BCUT2D eigenvalue weighted by atomic mass is 10.2. The Bertz CT molecular complexity index is 731. The number of aromatic nitrogens is 3. The SMILES string of the molecule is COc1ncc(C(=O)Nc2cc(C3CC3)nc(C)n2)cc1Cl. The van der Waals surface area contributed by atoms with Crippen LogP contribution in [0.15, 0.2) is 18.3 Å². The maximum atomic E-state index is 12.3. The summed E-state index contributed by atoms with van der Waals surface area (Å²) in [5, 5.41) is 3.04. The van der Waals surface area contributed by atoms with Crippen LogP contribution in [0.2, 0.25) is 5.02 Å². The number of halogens is 1. The number of nitrogens with one attached hydrogen (secondary N) is 1. The second-order valence-corrected chi connectivity index (χ2v) is 5.58. The summed E-state index contributed by atoms with van der Waals surface area (Å²) in [6.07, 6.45) is 3.69. The van der Waals surface area contributed by atoms with Crippen LogP contribution in [-0.4, -0.2) is 28.0 Å². The molecule has 0 unspecified atom stereocenters. The predicted molar refractivity (Wildman–Crippen MR) is 82.5 cm³/mol. The monoisotopic (exact) mass is 318 g/mol. The number of ether oxygens (including phenoxy) is 1. The lowest BCUT2D eigenvalue weighted by Crippen LogP contribution is -2.14. The summed E-state index contributed by atoms with van der Waals surface area (Å²) in [7, 11) is 1.47. The zero-order valence-electron chi connectivity index (χ0n) is 12.3. The molecule has 0 aromatic carbocycles. The van der Waals surface area contributed by atoms with E-state index in [-0.39, 0.29) is 16.8 Å². The van der Waals surface area contributed by atoms with Gasteiger partial charge in [0.2, 0.25) is 5.88 Å². The van der Waals surface area contributed by atoms with E-state index in [1.807, 2.05) is 13.0 Å². The van der Waals surface area contributed by atoms with E-state index in [1.54, 1.807) is 0 Å². The third-order valence-electron chi connectivity index (χ3n) is 3.36. The van der Waals surface area contributed by atoms with E-state index in [4.69, 9.17) is 16.3 Å². The van der Waals surface area contributed by atoms with Crippen molar-refractivity contribution in [1.29, 1.82) is 0 Å². The highest BCUT2D eigenvalue weighted by Gasteiger charge is 2.26. The van der Waals surface area contributed by atoms with Crippen molar-refractivity contribution in [2.24, 2.45) is 0 Å². The molecular weight excluding hydrogens is 304 g/mol. The fourth-order valence-electron chi connectivity index (χ4n) is 2.13. The fraction of sp³-hybridized carbons (Fsp3) is 0.333. The van der Waals surface area contributed by atoms with Crippen LogP contribution >= 0.6 is 11.6 Å². The van der Waals surface area contributed by atoms with Crippen molar-refractivity contribution >= 4 is 23.3 Å². The standard InChI is InChI=1S/C15H15ClN4O2/c1-8-18-12(9-3-4-9)6-13(19-8)20-14(21)10-5-11(16)15(22-2)17-7-10/h5-7,9H,3-4H2,1-2H3,(H,18,19,20,21). The minimum Gasteiger partial charge on any atom is -0.480 e. The molecule has 7 heteroatoms. The molecule has 0 spiro atoms. The second kappa shape index (κ2) is 5.88. The van der Waals surface area contributed by atoms with Crippen molar-refractivity contribution in [3.63, 3.8) is 0 Å². The first-order valence-electron chi connectivity index (χ1n) is 6.93. The van der Waals surface area contributed by atoms with Gasteiger partial charge in [0.1, 0.15) is 16.7 Å². The van der Waals surface area contributed by atoms with E-state index in [0.29, 0.717) is 23.1 Å². The molecule has 3 rings (SSSR count). The van der Waals surface area contributed by atoms with E-state index in [1.165, 1.54) is 19.4 Å². The molecule has 22 heavy (non-hydrogen) atoms. The Hall–Kier alpha value is -2.21. The van der Waals surface area contributed by atoms with Gasteiger partial charge in [-0.05, 0) is 25.8 Å². The Morgan fingerprint density at radius 1 is 1.36 bits per heavy atom. The zero-order chi connectivity index (χ0) is 15.7. The molecule has 0 radical (unpaired) electrons. The predicted octanol–water partition coefficient (Wildman–Crippen LogP) is 2.97. The summed E-state index contributed by atoms with van der Waals surface area (Å²) in [6, 6.07) is 3.33. The van der Waals surface area contributed by atoms with Crippen LogP contribution in [0.1, 0.15) is 40.6 Å². The summed E-state index contributed by atoms with van der Waals surface area (Å²) in [4.78, 5) is 24.9. The lowest BCUT2D eigenvalue weighted by molar-refractivity contribution is 0.102. The number of hydrogen-bond acceptors (Lipinski definition) is 5. The summed E-state index contributed by atoms with van der Waals surface area (Å²) in [5.41, 5.74) is 1.32. The van der Waals surface area contributed by atoms with E-state index in [2.05, 4.69) is 20.3 Å². The smallest absolute Gasteiger partial charge is 0.258 e. The lowest BCUT2D eigenvalue weighted by Gasteiger charge is -2.08. The molecule has 0 aliphatic heterocycles. The average Bonchev–Trinajstić information content (AvgIpc) is 3.31. The van der Waals surface area contributed by atoms with Gasteiger partial charge < -0.3 is 10.1 Å². The molecule has 1 N–H and O–H groups in total. The summed E-state index contributed by atoms with van der Waals surface area (Å²) in [5.74, 6) is 1.59. The van der Waals surface area contributed by atoms with Gasteiger partial charge in [-0.2, -0.15) is 0 Å². The number of pyridine rings is 1. The zero-order valence-corrected chi connectivity index (χ0v) is 13.0. The van der Waals surface area contributed by atoms with Gasteiger partial charge in [0.15, 0.2) is 0 Å². The topological polar surface area (TPSA) is 77.0 Å². The van der Waals surface area contributed by atoms with E-state index in [9.17, 15) is 4.79 Å². The Balaban J connectivity index is 1.80. The van der Waals surface area contributed by atoms with Crippen molar-refractivity contribution in [2.75, 3.05) is 12.4 Å². The van der Waals surface area contributed by atoms with Crippen molar-refractivity contribution in [2.45, 2.75) is 25.7 Å². The van der Waals surface area contributed by atoms with Crippen LogP contribution in [0, 0.1) is 6.92 Å². The number of anilines is 1. The fourth-order valence-corrected chi connectivity index (χ4v) is 2.37. The molecule has 0 bridgehead atoms. The number of carbonyl (C=O) groups is 1. The molecule has 1 aliphatic rings. The van der Waals surface area contributed by atoms with Crippen molar-refractivity contribution in [3.8, 4) is 5.88 Å². The van der Waals surface area contributed by atoms with Crippen LogP contribution in [0.4, 0.5) is 5.82 Å². The van der Waals surface area contributed by atoms with Gasteiger partial charge in [-0.3, -0.25) is 4.79 Å². The molecule has 2 aromatic rings. The quantitative estimate of drug-likeness (QED) is 0.937. The first kappa shape index (κ1) is 14.7. The maximum absolute atomic E-state index is 12.3. The van der Waals surface area contributed by atoms with Crippen LogP contribution in [0.25, 0.3) is 0 Å². The van der Waals surface area contributed by atoms with Gasteiger partial charge >= 0.3 is 0 Å². The summed E-state index contributed by atoms with van der Waals surface area (Å²) >= 11 is 5.98. The molecule has 114 valence electrons. The molecule has 1 amide bonds. The first-order valence-corrected chi connectivity index (χ1v) is 7.31. The molecular formula is C15H15ClN4O2. The molecule has 1 fully saturated rings. The average molecular weight is 319 g/mol. The Labute approximate surface area is 132 Å². The third-order valence-corrected chi connectivity index (χ3v) is 3.63. The number of aryl methyl sites for hydroxylation is 1. The molecule has 6 nitrogen and oxygen atoms in total. The molecule has 0 atom stereocenters. The second-order valence-electron chi connectivity index (χ2n) is 5.17. The third kappa shape index (κ3) is 3.17. The number of nitrogens with zero attached hydrogens (tertiary/aromatic N) is 3. The minimum absolute atomic E-state index is 0.284. The molecule has 2 heterocycles. The van der Waals surface area contributed by atoms with Gasteiger partial charge in [-0.25, -0.2) is 15.0 Å². The normalized spacial score (nSPS) is 13.8. The van der Waals surface area contributed by atoms with Gasteiger partial charge in [0.25, 0.3) is 5.91 Å². The van der Waals surface area contributed by atoms with E-state index >= 15 is 0 Å². The van der Waals surface area contributed by atoms with E-state index < -0.39 is 0 Å². The van der Waals surface area contributed by atoms with Gasteiger partial charge in [0.05, 0.1) is 12.7 Å². The Morgan fingerprint density at radius 3 is 2.77 bits per heavy atom. The van der Waals surface area contributed by atoms with Crippen LogP contribution in [-0.2, 0) is 0 Å². The molecule has 1 aliphatic carbocycles. The van der Waals surface area contributed by atoms with Crippen LogP contribution in [0.5, 0.6) is 5.88 Å². The number of carbonyl (C=O) groups excluding carboxylic acids is 1. The number of amides is 1. The highest BCUT2D eigenvalue weighted by atomic mass is 35.5. The summed E-state index contributed by atoms with van der Waals surface area (Å²) in [6.45, 7) is 1.81. The maximum Gasteiger partial charge on any atom is 0.258 e. The first-order chi connectivity index (χ1) is 10.6. The molecule has 1 saturated carbocycles. The van der Waals surface area contributed by atoms with Gasteiger partial charge in [0, 0.05) is 23.9 Å². The highest BCUT2D eigenvalue weighted by Crippen LogP contribution is 2.39. The highest BCUT2D eigenvalue weighted by molar-refractivity contribution is 6.32. The van der Waals surface area contributed by atoms with Crippen LogP contribution in [0.3, 0.4) is 0 Å². The Morgan fingerprint density at radius 2 is 2.14 bits per heavy atom. The van der Waals surface area contributed by atoms with Crippen molar-refractivity contribution < 1.29 is 9.53 Å². The van der Waals surface area contributed by atoms with Crippen LogP contribution < -0.4 is 10.1 Å². The number of rotatable bonds is 4. The van der Waals surface area contributed by atoms with Crippen molar-refractivity contribution in [3.05, 3.63) is 40.4 Å². The largest absolute Gasteiger partial charge is 0.480 e. The van der Waals surface area contributed by atoms with E-state index in [0.717, 1.165) is 18.5 Å².